The number of carbonyl (C=O) groups is 2. The number of amides is 1. The molecule has 1 heterocycles. The maximum absolute atomic E-state index is 12.6. The first-order chi connectivity index (χ1) is 12.6. The highest BCUT2D eigenvalue weighted by Crippen LogP contribution is 2.33. The van der Waals surface area contributed by atoms with Crippen molar-refractivity contribution < 1.29 is 24.2 Å². The molecule has 3 rings (SSSR count). The van der Waals surface area contributed by atoms with E-state index in [-0.39, 0.29) is 17.4 Å². The molecule has 136 valence electrons. The number of carboxylic acid groups (broad SMARTS) is 1. The van der Waals surface area contributed by atoms with Gasteiger partial charge in [0.2, 0.25) is 5.91 Å². The van der Waals surface area contributed by atoms with E-state index in [2.05, 4.69) is 5.32 Å². The van der Waals surface area contributed by atoms with Crippen LogP contribution in [0.2, 0.25) is 0 Å². The van der Waals surface area contributed by atoms with Crippen molar-refractivity contribution in [1.82, 2.24) is 5.32 Å². The molecule has 0 fully saturated rings. The molecule has 0 spiro atoms. The van der Waals surface area contributed by atoms with Gasteiger partial charge in [0.1, 0.15) is 11.5 Å². The normalized spacial score (nSPS) is 15.5. The van der Waals surface area contributed by atoms with Crippen molar-refractivity contribution in [3.05, 3.63) is 59.2 Å². The van der Waals surface area contributed by atoms with Crippen LogP contribution in [-0.2, 0) is 11.2 Å². The van der Waals surface area contributed by atoms with Crippen molar-refractivity contribution in [2.24, 2.45) is 0 Å². The van der Waals surface area contributed by atoms with Crippen LogP contribution in [0.4, 0.5) is 0 Å². The maximum atomic E-state index is 12.6. The first-order valence-corrected chi connectivity index (χ1v) is 8.50. The molecule has 1 atom stereocenters. The van der Waals surface area contributed by atoms with Gasteiger partial charge in [-0.05, 0) is 36.6 Å². The Hall–Kier alpha value is -3.02. The van der Waals surface area contributed by atoms with Crippen LogP contribution >= 0.6 is 0 Å². The number of para-hydroxylation sites is 1. The summed E-state index contributed by atoms with van der Waals surface area (Å²) < 4.78 is 10.9. The minimum atomic E-state index is -0.999. The molecule has 6 heteroatoms. The second-order valence-corrected chi connectivity index (χ2v) is 6.10. The highest BCUT2D eigenvalue weighted by molar-refractivity contribution is 5.88. The molecular weight excluding hydrogens is 334 g/mol. The van der Waals surface area contributed by atoms with Crippen LogP contribution in [0.25, 0.3) is 0 Å². The third-order valence-electron chi connectivity index (χ3n) is 4.50. The summed E-state index contributed by atoms with van der Waals surface area (Å²) >= 11 is 0. The number of rotatable bonds is 6. The van der Waals surface area contributed by atoms with Gasteiger partial charge in [-0.15, -0.1) is 0 Å². The van der Waals surface area contributed by atoms with Crippen molar-refractivity contribution in [3.63, 3.8) is 0 Å². The number of nitrogens with one attached hydrogen (secondary N) is 1. The largest absolute Gasteiger partial charge is 0.496 e. The van der Waals surface area contributed by atoms with E-state index >= 15 is 0 Å². The number of benzene rings is 2. The zero-order valence-electron chi connectivity index (χ0n) is 14.5. The van der Waals surface area contributed by atoms with Crippen LogP contribution in [0.3, 0.4) is 0 Å². The molecule has 2 N–H and O–H groups in total. The third-order valence-corrected chi connectivity index (χ3v) is 4.50. The van der Waals surface area contributed by atoms with E-state index in [4.69, 9.17) is 14.6 Å². The highest BCUT2D eigenvalue weighted by Gasteiger charge is 2.27. The fourth-order valence-electron chi connectivity index (χ4n) is 3.14. The van der Waals surface area contributed by atoms with E-state index in [1.54, 1.807) is 6.07 Å². The summed E-state index contributed by atoms with van der Waals surface area (Å²) in [5.41, 5.74) is 1.94. The quantitative estimate of drug-likeness (QED) is 0.832. The molecule has 0 bridgehead atoms. The fourth-order valence-corrected chi connectivity index (χ4v) is 3.14. The molecule has 0 aromatic heterocycles. The lowest BCUT2D eigenvalue weighted by Gasteiger charge is -2.25. The molecule has 0 saturated carbocycles. The Labute approximate surface area is 151 Å². The molecule has 26 heavy (non-hydrogen) atoms. The zero-order valence-corrected chi connectivity index (χ0v) is 14.5. The Kier molecular flexibility index (Phi) is 5.41. The first-order valence-electron chi connectivity index (χ1n) is 8.50. The topological polar surface area (TPSA) is 84.9 Å². The molecule has 2 aromatic carbocycles. The number of hydrogen-bond acceptors (Lipinski definition) is 4. The Morgan fingerprint density at radius 3 is 2.85 bits per heavy atom. The Bertz CT molecular complexity index is 818. The third kappa shape index (κ3) is 3.79. The number of ether oxygens (including phenoxy) is 2. The van der Waals surface area contributed by atoms with Gasteiger partial charge in [0.05, 0.1) is 25.2 Å². The summed E-state index contributed by atoms with van der Waals surface area (Å²) in [5, 5.41) is 12.0. The van der Waals surface area contributed by atoms with E-state index < -0.39 is 5.97 Å². The van der Waals surface area contributed by atoms with Crippen molar-refractivity contribution in [3.8, 4) is 11.5 Å². The number of carbonyl (C=O) groups excluding carboxylic acids is 1. The Balaban J connectivity index is 1.62. The van der Waals surface area contributed by atoms with Crippen molar-refractivity contribution >= 4 is 11.9 Å². The van der Waals surface area contributed by atoms with Crippen LogP contribution in [0.1, 0.15) is 33.8 Å². The van der Waals surface area contributed by atoms with Gasteiger partial charge in [-0.25, -0.2) is 4.79 Å². The van der Waals surface area contributed by atoms with Crippen LogP contribution in [0.15, 0.2) is 42.5 Å². The van der Waals surface area contributed by atoms with Crippen LogP contribution < -0.4 is 14.8 Å². The van der Waals surface area contributed by atoms with Gasteiger partial charge in [-0.1, -0.05) is 24.3 Å². The fraction of sp³-hybridized carbons (Fsp3) is 0.300. The first kappa shape index (κ1) is 17.8. The van der Waals surface area contributed by atoms with Crippen molar-refractivity contribution in [2.75, 3.05) is 20.3 Å². The molecule has 0 radical (unpaired) electrons. The van der Waals surface area contributed by atoms with Gasteiger partial charge >= 0.3 is 5.97 Å². The summed E-state index contributed by atoms with van der Waals surface area (Å²) in [6.07, 6.45) is 1.21. The van der Waals surface area contributed by atoms with E-state index in [1.165, 1.54) is 19.2 Å². The molecule has 1 aliphatic rings. The average molecular weight is 355 g/mol. The van der Waals surface area contributed by atoms with Gasteiger partial charge in [-0.2, -0.15) is 0 Å². The monoisotopic (exact) mass is 355 g/mol. The van der Waals surface area contributed by atoms with E-state index in [9.17, 15) is 9.59 Å². The number of aromatic carboxylic acids is 1. The highest BCUT2D eigenvalue weighted by atomic mass is 16.5. The summed E-state index contributed by atoms with van der Waals surface area (Å²) in [7, 11) is 1.50. The molecule has 6 nitrogen and oxygen atoms in total. The van der Waals surface area contributed by atoms with Gasteiger partial charge < -0.3 is 19.9 Å². The van der Waals surface area contributed by atoms with Gasteiger partial charge in [-0.3, -0.25) is 4.79 Å². The van der Waals surface area contributed by atoms with E-state index in [0.717, 1.165) is 16.9 Å². The van der Waals surface area contributed by atoms with Crippen LogP contribution in [0.5, 0.6) is 11.5 Å². The molecule has 2 aromatic rings. The molecule has 0 aliphatic carbocycles. The van der Waals surface area contributed by atoms with E-state index in [0.29, 0.717) is 31.7 Å². The molecule has 0 saturated heterocycles. The molecule has 1 aliphatic heterocycles. The molecule has 1 unspecified atom stereocenters. The predicted molar refractivity (Wildman–Crippen MR) is 96.0 cm³/mol. The van der Waals surface area contributed by atoms with Crippen molar-refractivity contribution in [2.45, 2.75) is 18.8 Å². The summed E-state index contributed by atoms with van der Waals surface area (Å²) in [6.45, 7) is 0.973. The molecule has 1 amide bonds. The average Bonchev–Trinajstić information content (AvgIpc) is 2.67. The standard InChI is InChI=1S/C20H21NO5/c1-25-18-12-14(20(23)24)7-6-13(18)8-10-21-19(22)16-9-11-26-17-5-3-2-4-15(16)17/h2-7,12,16H,8-11H2,1H3,(H,21,22)(H,23,24). The number of carboxylic acids is 1. The maximum Gasteiger partial charge on any atom is 0.335 e. The Morgan fingerprint density at radius 1 is 1.27 bits per heavy atom. The lowest BCUT2D eigenvalue weighted by Crippen LogP contribution is -2.33. The van der Waals surface area contributed by atoms with Crippen LogP contribution in [0, 0.1) is 0 Å². The number of hydrogen-bond donors (Lipinski definition) is 2. The Morgan fingerprint density at radius 2 is 2.08 bits per heavy atom. The second kappa shape index (κ2) is 7.91. The smallest absolute Gasteiger partial charge is 0.335 e. The SMILES string of the molecule is COc1cc(C(=O)O)ccc1CCNC(=O)C1CCOc2ccccc21. The minimum absolute atomic E-state index is 0.0260. The minimum Gasteiger partial charge on any atom is -0.496 e. The summed E-state index contributed by atoms with van der Waals surface area (Å²) in [6, 6.07) is 12.4. The van der Waals surface area contributed by atoms with E-state index in [1.807, 2.05) is 24.3 Å². The molecular formula is C20H21NO5. The van der Waals surface area contributed by atoms with Gasteiger partial charge in [0, 0.05) is 12.1 Å². The van der Waals surface area contributed by atoms with Gasteiger partial charge in [0.25, 0.3) is 0 Å². The number of fused-ring (bicyclic) bond motifs is 1. The lowest BCUT2D eigenvalue weighted by molar-refractivity contribution is -0.123. The summed E-state index contributed by atoms with van der Waals surface area (Å²) in [4.78, 5) is 23.6. The lowest BCUT2D eigenvalue weighted by atomic mass is 9.92. The van der Waals surface area contributed by atoms with Crippen LogP contribution in [-0.4, -0.2) is 37.2 Å². The summed E-state index contributed by atoms with van der Waals surface area (Å²) in [5.74, 6) is 0.0415. The predicted octanol–water partition coefficient (Wildman–Crippen LogP) is 2.62. The second-order valence-electron chi connectivity index (χ2n) is 6.10. The van der Waals surface area contributed by atoms with Gasteiger partial charge in [0.15, 0.2) is 0 Å². The van der Waals surface area contributed by atoms with Crippen molar-refractivity contribution in [1.29, 1.82) is 0 Å². The number of methoxy groups -OCH3 is 1. The zero-order chi connectivity index (χ0) is 18.5.